The molecule has 14 heavy (non-hydrogen) atoms. The summed E-state index contributed by atoms with van der Waals surface area (Å²) in [5.41, 5.74) is 0. The van der Waals surface area contributed by atoms with E-state index in [1.165, 1.54) is 18.1 Å². The van der Waals surface area contributed by atoms with Crippen LogP contribution in [-0.2, 0) is 0 Å². The fourth-order valence-corrected chi connectivity index (χ4v) is 2.09. The van der Waals surface area contributed by atoms with Gasteiger partial charge >= 0.3 is 0 Å². The van der Waals surface area contributed by atoms with Crippen LogP contribution in [0, 0.1) is 0 Å². The second kappa shape index (κ2) is 4.52. The number of nitrogens with zero attached hydrogens (tertiary/aromatic N) is 3. The van der Waals surface area contributed by atoms with Crippen molar-refractivity contribution in [3.05, 3.63) is 41.4 Å². The van der Waals surface area contributed by atoms with E-state index in [4.69, 9.17) is 0 Å². The molecule has 0 N–H and O–H groups in total. The fourth-order valence-electron chi connectivity index (χ4n) is 0.888. The summed E-state index contributed by atoms with van der Waals surface area (Å²) in [7, 11) is 0. The largest absolute Gasteiger partial charge is 0.250 e. The molecule has 0 saturated heterocycles. The minimum absolute atomic E-state index is 0.783. The van der Waals surface area contributed by atoms with Crippen molar-refractivity contribution in [3.63, 3.8) is 0 Å². The molecular formula is C9H6BrN3S. The Hall–Kier alpha value is -0.940. The predicted molar refractivity (Wildman–Crippen MR) is 58.1 cm³/mol. The molecule has 0 spiro atoms. The van der Waals surface area contributed by atoms with Gasteiger partial charge in [-0.1, -0.05) is 6.07 Å². The van der Waals surface area contributed by atoms with Gasteiger partial charge in [-0.25, -0.2) is 15.0 Å². The second-order valence-corrected chi connectivity index (χ2v) is 4.30. The first-order chi connectivity index (χ1) is 6.84. The van der Waals surface area contributed by atoms with Gasteiger partial charge in [-0.05, 0) is 39.8 Å². The lowest BCUT2D eigenvalue weighted by molar-refractivity contribution is 1.02. The Balaban J connectivity index is 2.19. The van der Waals surface area contributed by atoms with E-state index in [1.54, 1.807) is 6.20 Å². The average molecular weight is 268 g/mol. The monoisotopic (exact) mass is 267 g/mol. The van der Waals surface area contributed by atoms with Crippen molar-refractivity contribution in [3.8, 4) is 0 Å². The number of hydrogen-bond acceptors (Lipinski definition) is 4. The summed E-state index contributed by atoms with van der Waals surface area (Å²) >= 11 is 4.80. The highest BCUT2D eigenvalue weighted by Gasteiger charge is 1.99. The van der Waals surface area contributed by atoms with Crippen molar-refractivity contribution in [2.24, 2.45) is 0 Å². The molecule has 0 fully saturated rings. The van der Waals surface area contributed by atoms with Gasteiger partial charge in [0.1, 0.15) is 21.0 Å². The first-order valence-electron chi connectivity index (χ1n) is 3.91. The molecule has 2 rings (SSSR count). The second-order valence-electron chi connectivity index (χ2n) is 2.45. The molecule has 3 nitrogen and oxygen atoms in total. The molecule has 0 saturated carbocycles. The average Bonchev–Trinajstić information content (AvgIpc) is 2.19. The Morgan fingerprint density at radius 3 is 2.71 bits per heavy atom. The van der Waals surface area contributed by atoms with Crippen molar-refractivity contribution >= 4 is 27.7 Å². The summed E-state index contributed by atoms with van der Waals surface area (Å²) in [4.78, 5) is 12.3. The van der Waals surface area contributed by atoms with Gasteiger partial charge in [-0.3, -0.25) is 0 Å². The topological polar surface area (TPSA) is 38.7 Å². The lowest BCUT2D eigenvalue weighted by atomic mass is 10.5. The van der Waals surface area contributed by atoms with Crippen LogP contribution in [-0.4, -0.2) is 15.0 Å². The summed E-state index contributed by atoms with van der Waals surface area (Å²) in [5.74, 6) is 0. The first-order valence-corrected chi connectivity index (χ1v) is 5.52. The summed E-state index contributed by atoms with van der Waals surface area (Å²) in [6, 6.07) is 7.64. The van der Waals surface area contributed by atoms with Crippen molar-refractivity contribution in [2.45, 2.75) is 10.1 Å². The number of pyridine rings is 1. The minimum atomic E-state index is 0.783. The Labute approximate surface area is 94.1 Å². The van der Waals surface area contributed by atoms with Crippen LogP contribution < -0.4 is 0 Å². The van der Waals surface area contributed by atoms with E-state index in [0.717, 1.165) is 14.7 Å². The van der Waals surface area contributed by atoms with Crippen LogP contribution in [0.3, 0.4) is 0 Å². The fraction of sp³-hybridized carbons (Fsp3) is 0. The normalized spacial score (nSPS) is 10.1. The predicted octanol–water partition coefficient (Wildman–Crippen LogP) is 2.79. The van der Waals surface area contributed by atoms with Gasteiger partial charge in [-0.15, -0.1) is 0 Å². The molecule has 0 amide bonds. The van der Waals surface area contributed by atoms with E-state index < -0.39 is 0 Å². The SMILES string of the molecule is Brc1cc(Sc2ccccn2)ncn1. The molecule has 0 aliphatic carbocycles. The first kappa shape index (κ1) is 9.61. The number of hydrogen-bond donors (Lipinski definition) is 0. The smallest absolute Gasteiger partial charge is 0.118 e. The third-order valence-electron chi connectivity index (χ3n) is 1.46. The van der Waals surface area contributed by atoms with Crippen LogP contribution in [0.15, 0.2) is 51.4 Å². The van der Waals surface area contributed by atoms with Crippen molar-refractivity contribution in [1.29, 1.82) is 0 Å². The van der Waals surface area contributed by atoms with Crippen LogP contribution in [0.2, 0.25) is 0 Å². The highest BCUT2D eigenvalue weighted by Crippen LogP contribution is 2.24. The molecule has 2 aromatic heterocycles. The van der Waals surface area contributed by atoms with Gasteiger partial charge < -0.3 is 0 Å². The molecule has 2 heterocycles. The van der Waals surface area contributed by atoms with Gasteiger partial charge in [0.15, 0.2) is 0 Å². The highest BCUT2D eigenvalue weighted by atomic mass is 79.9. The molecule has 0 atom stereocenters. The Morgan fingerprint density at radius 1 is 1.07 bits per heavy atom. The zero-order chi connectivity index (χ0) is 9.80. The zero-order valence-corrected chi connectivity index (χ0v) is 9.49. The standard InChI is InChI=1S/C9H6BrN3S/c10-7-5-9(13-6-12-7)14-8-3-1-2-4-11-8/h1-6H. The van der Waals surface area contributed by atoms with Crippen molar-refractivity contribution < 1.29 is 0 Å². The molecule has 0 unspecified atom stereocenters. The molecular weight excluding hydrogens is 262 g/mol. The van der Waals surface area contributed by atoms with Gasteiger partial charge in [0.05, 0.1) is 0 Å². The van der Waals surface area contributed by atoms with Crippen molar-refractivity contribution in [1.82, 2.24) is 15.0 Å². The maximum atomic E-state index is 4.19. The van der Waals surface area contributed by atoms with Gasteiger partial charge in [0.25, 0.3) is 0 Å². The zero-order valence-electron chi connectivity index (χ0n) is 7.09. The third kappa shape index (κ3) is 2.52. The van der Waals surface area contributed by atoms with Crippen molar-refractivity contribution in [2.75, 3.05) is 0 Å². The van der Waals surface area contributed by atoms with Gasteiger partial charge in [-0.2, -0.15) is 0 Å². The van der Waals surface area contributed by atoms with Crippen LogP contribution >= 0.6 is 27.7 Å². The number of aromatic nitrogens is 3. The molecule has 0 aromatic carbocycles. The Morgan fingerprint density at radius 2 is 2.00 bits per heavy atom. The minimum Gasteiger partial charge on any atom is -0.250 e. The summed E-state index contributed by atoms with van der Waals surface area (Å²) in [5, 5.41) is 1.81. The highest BCUT2D eigenvalue weighted by molar-refractivity contribution is 9.10. The lowest BCUT2D eigenvalue weighted by Gasteiger charge is -1.98. The number of halogens is 1. The maximum Gasteiger partial charge on any atom is 0.118 e. The van der Waals surface area contributed by atoms with E-state index in [0.29, 0.717) is 0 Å². The summed E-state index contributed by atoms with van der Waals surface area (Å²) < 4.78 is 0.783. The molecule has 2 aromatic rings. The van der Waals surface area contributed by atoms with Crippen LogP contribution in [0.5, 0.6) is 0 Å². The van der Waals surface area contributed by atoms with Gasteiger partial charge in [0.2, 0.25) is 0 Å². The maximum absolute atomic E-state index is 4.19. The molecule has 0 bridgehead atoms. The van der Waals surface area contributed by atoms with Gasteiger partial charge in [0, 0.05) is 12.3 Å². The van der Waals surface area contributed by atoms with Crippen LogP contribution in [0.1, 0.15) is 0 Å². The van der Waals surface area contributed by atoms with E-state index in [1.807, 2.05) is 24.3 Å². The Bertz CT molecular complexity index is 421. The Kier molecular flexibility index (Phi) is 3.10. The quantitative estimate of drug-likeness (QED) is 0.785. The molecule has 70 valence electrons. The summed E-state index contributed by atoms with van der Waals surface area (Å²) in [6.07, 6.45) is 3.29. The third-order valence-corrected chi connectivity index (χ3v) is 2.77. The van der Waals surface area contributed by atoms with E-state index in [-0.39, 0.29) is 0 Å². The molecule has 0 radical (unpaired) electrons. The van der Waals surface area contributed by atoms with Crippen LogP contribution in [0.25, 0.3) is 0 Å². The molecule has 5 heteroatoms. The number of rotatable bonds is 2. The van der Waals surface area contributed by atoms with E-state index >= 15 is 0 Å². The van der Waals surface area contributed by atoms with E-state index in [2.05, 4.69) is 30.9 Å². The molecule has 0 aliphatic rings. The molecule has 0 aliphatic heterocycles. The van der Waals surface area contributed by atoms with Crippen LogP contribution in [0.4, 0.5) is 0 Å². The lowest BCUT2D eigenvalue weighted by Crippen LogP contribution is -1.84. The summed E-state index contributed by atoms with van der Waals surface area (Å²) in [6.45, 7) is 0. The van der Waals surface area contributed by atoms with E-state index in [9.17, 15) is 0 Å².